The predicted octanol–water partition coefficient (Wildman–Crippen LogP) is 2.04. The Hall–Kier alpha value is -2.21. The van der Waals surface area contributed by atoms with Crippen molar-refractivity contribution >= 4 is 5.97 Å². The summed E-state index contributed by atoms with van der Waals surface area (Å²) in [6.45, 7) is 3.93. The number of nitrogens with one attached hydrogen (secondary N) is 2. The van der Waals surface area contributed by atoms with Crippen LogP contribution in [0.4, 0.5) is 0 Å². The van der Waals surface area contributed by atoms with Gasteiger partial charge in [0.05, 0.1) is 7.11 Å². The van der Waals surface area contributed by atoms with Gasteiger partial charge in [0.1, 0.15) is 6.04 Å². The summed E-state index contributed by atoms with van der Waals surface area (Å²) in [6.07, 6.45) is 0. The highest BCUT2D eigenvalue weighted by Crippen LogP contribution is 2.06. The van der Waals surface area contributed by atoms with E-state index in [0.29, 0.717) is 6.54 Å². The third-order valence-electron chi connectivity index (χ3n) is 4.30. The Kier molecular flexibility index (Phi) is 8.83. The summed E-state index contributed by atoms with van der Waals surface area (Å²) >= 11 is 0. The summed E-state index contributed by atoms with van der Waals surface area (Å²) in [5.74, 6) is -0.234. The molecule has 0 fully saturated rings. The molecular weight excluding hydrogens is 326 g/mol. The smallest absolute Gasteiger partial charge is 0.324 e. The van der Waals surface area contributed by atoms with Crippen molar-refractivity contribution in [3.8, 4) is 0 Å². The van der Waals surface area contributed by atoms with Crippen molar-refractivity contribution in [3.63, 3.8) is 0 Å². The van der Waals surface area contributed by atoms with Crippen LogP contribution in [0.3, 0.4) is 0 Å². The second-order valence-corrected chi connectivity index (χ2v) is 6.25. The van der Waals surface area contributed by atoms with Crippen molar-refractivity contribution < 1.29 is 9.53 Å². The molecule has 26 heavy (non-hydrogen) atoms. The molecule has 0 aliphatic heterocycles. The van der Waals surface area contributed by atoms with Crippen LogP contribution in [0.25, 0.3) is 0 Å². The number of nitrogens with zero attached hydrogens (tertiary/aromatic N) is 1. The molecule has 2 aromatic carbocycles. The summed E-state index contributed by atoms with van der Waals surface area (Å²) in [6, 6.07) is 20.3. The van der Waals surface area contributed by atoms with E-state index in [9.17, 15) is 4.79 Å². The van der Waals surface area contributed by atoms with Crippen molar-refractivity contribution in [2.45, 2.75) is 19.1 Å². The van der Waals surface area contributed by atoms with E-state index in [2.05, 4.69) is 39.8 Å². The molecule has 5 nitrogen and oxygen atoms in total. The number of benzene rings is 2. The third-order valence-corrected chi connectivity index (χ3v) is 4.30. The van der Waals surface area contributed by atoms with Gasteiger partial charge in [0.2, 0.25) is 0 Å². The molecule has 0 bridgehead atoms. The maximum Gasteiger partial charge on any atom is 0.324 e. The average molecular weight is 355 g/mol. The van der Waals surface area contributed by atoms with Crippen molar-refractivity contribution in [2.75, 3.05) is 33.8 Å². The van der Waals surface area contributed by atoms with Gasteiger partial charge in [0, 0.05) is 32.7 Å². The highest BCUT2D eigenvalue weighted by Gasteiger charge is 2.20. The van der Waals surface area contributed by atoms with E-state index in [4.69, 9.17) is 4.74 Å². The Labute approximate surface area is 156 Å². The molecule has 0 heterocycles. The van der Waals surface area contributed by atoms with Gasteiger partial charge in [0.15, 0.2) is 0 Å². The number of hydrogen-bond acceptors (Lipinski definition) is 5. The van der Waals surface area contributed by atoms with Crippen LogP contribution in [0.5, 0.6) is 0 Å². The van der Waals surface area contributed by atoms with Crippen molar-refractivity contribution in [1.29, 1.82) is 0 Å². The monoisotopic (exact) mass is 355 g/mol. The first-order valence-electron chi connectivity index (χ1n) is 8.99. The molecule has 0 unspecified atom stereocenters. The Balaban J connectivity index is 1.90. The fourth-order valence-electron chi connectivity index (χ4n) is 2.83. The third kappa shape index (κ3) is 6.96. The highest BCUT2D eigenvalue weighted by molar-refractivity contribution is 5.75. The zero-order valence-corrected chi connectivity index (χ0v) is 15.7. The van der Waals surface area contributed by atoms with Crippen molar-refractivity contribution in [2.24, 2.45) is 0 Å². The van der Waals surface area contributed by atoms with Gasteiger partial charge in [-0.1, -0.05) is 60.7 Å². The molecule has 0 aliphatic carbocycles. The molecule has 2 aromatic rings. The summed E-state index contributed by atoms with van der Waals surface area (Å²) in [5.41, 5.74) is 2.50. The van der Waals surface area contributed by atoms with E-state index in [0.717, 1.165) is 26.2 Å². The van der Waals surface area contributed by atoms with Crippen LogP contribution in [-0.2, 0) is 22.6 Å². The molecule has 1 atom stereocenters. The lowest BCUT2D eigenvalue weighted by atomic mass is 10.2. The zero-order valence-electron chi connectivity index (χ0n) is 15.7. The Morgan fingerprint density at radius 3 is 2.23 bits per heavy atom. The van der Waals surface area contributed by atoms with Crippen LogP contribution in [0.1, 0.15) is 11.1 Å². The lowest BCUT2D eigenvalue weighted by Crippen LogP contribution is -2.46. The molecule has 2 N–H and O–H groups in total. The Morgan fingerprint density at radius 2 is 1.65 bits per heavy atom. The summed E-state index contributed by atoms with van der Waals surface area (Å²) < 4.78 is 4.89. The minimum absolute atomic E-state index is 0.234. The second-order valence-electron chi connectivity index (χ2n) is 6.25. The first-order chi connectivity index (χ1) is 12.7. The molecule has 5 heteroatoms. The van der Waals surface area contributed by atoms with Gasteiger partial charge in [-0.2, -0.15) is 0 Å². The average Bonchev–Trinajstić information content (AvgIpc) is 2.70. The number of rotatable bonds is 11. The number of methoxy groups -OCH3 is 1. The quantitative estimate of drug-likeness (QED) is 0.477. The minimum Gasteiger partial charge on any atom is -0.468 e. The van der Waals surface area contributed by atoms with Crippen LogP contribution in [0.15, 0.2) is 60.7 Å². The molecule has 140 valence electrons. The minimum atomic E-state index is -0.335. The Morgan fingerprint density at radius 1 is 1.04 bits per heavy atom. The van der Waals surface area contributed by atoms with Crippen LogP contribution in [0.2, 0.25) is 0 Å². The fraction of sp³-hybridized carbons (Fsp3) is 0.381. The first kappa shape index (κ1) is 20.1. The second kappa shape index (κ2) is 11.4. The van der Waals surface area contributed by atoms with Gasteiger partial charge in [-0.3, -0.25) is 9.69 Å². The number of hydrogen-bond donors (Lipinski definition) is 2. The summed E-state index contributed by atoms with van der Waals surface area (Å²) in [5, 5.41) is 6.52. The van der Waals surface area contributed by atoms with Crippen molar-refractivity contribution in [1.82, 2.24) is 15.5 Å². The van der Waals surface area contributed by atoms with Crippen LogP contribution in [-0.4, -0.2) is 50.7 Å². The number of likely N-dealkylation sites (N-methyl/N-ethyl adjacent to an activating group) is 1. The Bertz CT molecular complexity index is 634. The number of carbonyl (C=O) groups is 1. The van der Waals surface area contributed by atoms with Gasteiger partial charge < -0.3 is 15.4 Å². The van der Waals surface area contributed by atoms with Crippen molar-refractivity contribution in [3.05, 3.63) is 71.8 Å². The van der Waals surface area contributed by atoms with E-state index in [1.54, 1.807) is 7.05 Å². The van der Waals surface area contributed by atoms with Gasteiger partial charge in [-0.05, 0) is 18.2 Å². The lowest BCUT2D eigenvalue weighted by Gasteiger charge is -2.26. The molecule has 0 aliphatic rings. The summed E-state index contributed by atoms with van der Waals surface area (Å²) in [4.78, 5) is 14.2. The largest absolute Gasteiger partial charge is 0.468 e. The molecule has 0 amide bonds. The summed E-state index contributed by atoms with van der Waals surface area (Å²) in [7, 11) is 3.21. The van der Waals surface area contributed by atoms with Crippen LogP contribution < -0.4 is 10.6 Å². The molecule has 0 aromatic heterocycles. The number of esters is 1. The molecule has 2 rings (SSSR count). The fourth-order valence-corrected chi connectivity index (χ4v) is 2.83. The lowest BCUT2D eigenvalue weighted by molar-refractivity contribution is -0.143. The topological polar surface area (TPSA) is 53.6 Å². The normalized spacial score (nSPS) is 12.1. The van der Waals surface area contributed by atoms with E-state index in [-0.39, 0.29) is 12.0 Å². The number of carbonyl (C=O) groups excluding carboxylic acids is 1. The molecule has 0 spiro atoms. The van der Waals surface area contributed by atoms with Gasteiger partial charge in [-0.25, -0.2) is 0 Å². The van der Waals surface area contributed by atoms with Gasteiger partial charge >= 0.3 is 5.97 Å². The number of ether oxygens (including phenoxy) is 1. The van der Waals surface area contributed by atoms with E-state index >= 15 is 0 Å². The van der Waals surface area contributed by atoms with E-state index in [1.807, 2.05) is 36.4 Å². The highest BCUT2D eigenvalue weighted by atomic mass is 16.5. The van der Waals surface area contributed by atoms with Crippen LogP contribution in [0, 0.1) is 0 Å². The molecule has 0 saturated carbocycles. The van der Waals surface area contributed by atoms with Gasteiger partial charge in [0.25, 0.3) is 0 Å². The predicted molar refractivity (Wildman–Crippen MR) is 105 cm³/mol. The SMILES string of the molecule is CN[C@@H](CN(CCNCc1ccccc1)Cc1ccccc1)C(=O)OC. The molecule has 0 saturated heterocycles. The van der Waals surface area contributed by atoms with E-state index in [1.165, 1.54) is 18.2 Å². The first-order valence-corrected chi connectivity index (χ1v) is 8.99. The molecule has 0 radical (unpaired) electrons. The maximum atomic E-state index is 11.9. The van der Waals surface area contributed by atoms with Gasteiger partial charge in [-0.15, -0.1) is 0 Å². The standard InChI is InChI=1S/C21H29N3O2/c1-22-20(21(25)26-2)17-24(16-19-11-7-4-8-12-19)14-13-23-15-18-9-5-3-6-10-18/h3-12,20,22-23H,13-17H2,1-2H3/t20-/m0/s1. The van der Waals surface area contributed by atoms with Crippen LogP contribution >= 0.6 is 0 Å². The zero-order chi connectivity index (χ0) is 18.6. The molecular formula is C21H29N3O2. The maximum absolute atomic E-state index is 11.9. The van der Waals surface area contributed by atoms with E-state index < -0.39 is 0 Å².